The molecular weight excluding hydrogens is 326 g/mol. The van der Waals surface area contributed by atoms with E-state index in [2.05, 4.69) is 15.3 Å². The smallest absolute Gasteiger partial charge is 0.249 e. The highest BCUT2D eigenvalue weighted by molar-refractivity contribution is 6.28. The Balaban J connectivity index is 1.82. The maximum absolute atomic E-state index is 13.0. The van der Waals surface area contributed by atoms with Gasteiger partial charge in [-0.05, 0) is 23.7 Å². The largest absolute Gasteiger partial charge is 0.497 e. The molecule has 0 radical (unpaired) electrons. The van der Waals surface area contributed by atoms with E-state index in [1.807, 2.05) is 0 Å². The summed E-state index contributed by atoms with van der Waals surface area (Å²) in [5.74, 6) is -1.88. The molecule has 0 atom stereocenters. The number of aromatic nitrogens is 2. The predicted octanol–water partition coefficient (Wildman–Crippen LogP) is 3.98. The Bertz CT molecular complexity index is 733. The monoisotopic (exact) mass is 340 g/mol. The minimum absolute atomic E-state index is 0.00676. The molecule has 0 aliphatic heterocycles. The zero-order chi connectivity index (χ0) is 16.6. The summed E-state index contributed by atoms with van der Waals surface area (Å²) in [7, 11) is 1.55. The highest BCUT2D eigenvalue weighted by atomic mass is 35.5. The van der Waals surface area contributed by atoms with Crippen LogP contribution in [0.4, 0.5) is 26.0 Å². The lowest BCUT2D eigenvalue weighted by molar-refractivity contribution is -0.0876. The van der Waals surface area contributed by atoms with E-state index in [0.29, 0.717) is 28.6 Å². The topological polar surface area (TPSA) is 73.1 Å². The van der Waals surface area contributed by atoms with Crippen LogP contribution in [0.5, 0.6) is 5.75 Å². The molecule has 0 unspecified atom stereocenters. The second-order valence-electron chi connectivity index (χ2n) is 5.49. The molecule has 1 aromatic heterocycles. The lowest BCUT2D eigenvalue weighted by Gasteiger charge is -2.34. The van der Waals surface area contributed by atoms with Gasteiger partial charge < -0.3 is 15.8 Å². The fraction of sp³-hybridized carbons (Fsp3) is 0.333. The first kappa shape index (κ1) is 15.7. The molecule has 1 aromatic carbocycles. The number of hydrogen-bond donors (Lipinski definition) is 2. The van der Waals surface area contributed by atoms with Crippen molar-refractivity contribution in [1.82, 2.24) is 9.97 Å². The predicted molar refractivity (Wildman–Crippen MR) is 84.7 cm³/mol. The maximum atomic E-state index is 13.0. The third-order valence-corrected chi connectivity index (χ3v) is 3.92. The van der Waals surface area contributed by atoms with Crippen LogP contribution in [0.3, 0.4) is 0 Å². The number of nitrogens with one attached hydrogen (secondary N) is 1. The fourth-order valence-corrected chi connectivity index (χ4v) is 2.69. The van der Waals surface area contributed by atoms with Crippen LogP contribution in [0.1, 0.15) is 24.5 Å². The number of anilines is 3. The van der Waals surface area contributed by atoms with Crippen molar-refractivity contribution in [2.75, 3.05) is 18.2 Å². The molecule has 3 rings (SSSR count). The van der Waals surface area contributed by atoms with Crippen molar-refractivity contribution in [3.05, 3.63) is 35.2 Å². The first-order valence-electron chi connectivity index (χ1n) is 6.99. The minimum atomic E-state index is -2.61. The van der Waals surface area contributed by atoms with Crippen molar-refractivity contribution >= 4 is 28.8 Å². The molecule has 0 spiro atoms. The van der Waals surface area contributed by atoms with Crippen molar-refractivity contribution in [2.45, 2.75) is 24.7 Å². The lowest BCUT2D eigenvalue weighted by Crippen LogP contribution is -2.34. The number of nitrogens with two attached hydrogens (primary N) is 1. The average Bonchev–Trinajstić information content (AvgIpc) is 2.46. The summed E-state index contributed by atoms with van der Waals surface area (Å²) in [5, 5.41) is 3.03. The van der Waals surface area contributed by atoms with Crippen molar-refractivity contribution in [3.63, 3.8) is 0 Å². The van der Waals surface area contributed by atoms with Crippen molar-refractivity contribution < 1.29 is 13.5 Å². The van der Waals surface area contributed by atoms with E-state index >= 15 is 0 Å². The molecule has 3 N–H and O–H groups in total. The van der Waals surface area contributed by atoms with Gasteiger partial charge in [0, 0.05) is 30.9 Å². The molecular formula is C15H15ClF2N4O. The van der Waals surface area contributed by atoms with Crippen LogP contribution in [0, 0.1) is 0 Å². The molecule has 0 bridgehead atoms. The first-order valence-corrected chi connectivity index (χ1v) is 7.37. The van der Waals surface area contributed by atoms with E-state index < -0.39 is 5.92 Å². The quantitative estimate of drug-likeness (QED) is 0.650. The summed E-state index contributed by atoms with van der Waals surface area (Å²) in [5.41, 5.74) is 7.53. The normalized spacial score (nSPS) is 16.7. The molecule has 1 aliphatic carbocycles. The number of methoxy groups -OCH3 is 1. The summed E-state index contributed by atoms with van der Waals surface area (Å²) < 4.78 is 31.1. The Morgan fingerprint density at radius 2 is 2.04 bits per heavy atom. The Morgan fingerprint density at radius 3 is 2.65 bits per heavy atom. The van der Waals surface area contributed by atoms with Gasteiger partial charge in [0.15, 0.2) is 0 Å². The molecule has 1 saturated carbocycles. The second-order valence-corrected chi connectivity index (χ2v) is 5.82. The SMILES string of the molecule is COc1ccc(Nc2cc(C3CC(F)(F)C3)nc(Cl)n2)c(N)c1. The average molecular weight is 341 g/mol. The third kappa shape index (κ3) is 3.44. The molecule has 1 heterocycles. The van der Waals surface area contributed by atoms with Gasteiger partial charge in [-0.1, -0.05) is 0 Å². The molecule has 0 amide bonds. The molecule has 0 saturated heterocycles. The third-order valence-electron chi connectivity index (χ3n) is 3.75. The van der Waals surface area contributed by atoms with E-state index in [1.54, 1.807) is 31.4 Å². The van der Waals surface area contributed by atoms with Crippen molar-refractivity contribution in [1.29, 1.82) is 0 Å². The number of rotatable bonds is 4. The number of alkyl halides is 2. The van der Waals surface area contributed by atoms with E-state index in [4.69, 9.17) is 22.1 Å². The zero-order valence-electron chi connectivity index (χ0n) is 12.3. The van der Waals surface area contributed by atoms with Gasteiger partial charge in [0.1, 0.15) is 11.6 Å². The first-order chi connectivity index (χ1) is 10.9. The minimum Gasteiger partial charge on any atom is -0.497 e. The number of nitrogen functional groups attached to an aromatic ring is 1. The van der Waals surface area contributed by atoms with E-state index in [1.165, 1.54) is 0 Å². The van der Waals surface area contributed by atoms with Crippen LogP contribution < -0.4 is 15.8 Å². The van der Waals surface area contributed by atoms with Crippen LogP contribution in [0.2, 0.25) is 5.28 Å². The van der Waals surface area contributed by atoms with E-state index in [9.17, 15) is 8.78 Å². The van der Waals surface area contributed by atoms with Crippen LogP contribution in [0.15, 0.2) is 24.3 Å². The van der Waals surface area contributed by atoms with E-state index in [-0.39, 0.29) is 24.0 Å². The Hall–Kier alpha value is -2.15. The van der Waals surface area contributed by atoms with Crippen LogP contribution in [-0.2, 0) is 0 Å². The second kappa shape index (κ2) is 5.81. The molecule has 8 heteroatoms. The summed E-state index contributed by atoms with van der Waals surface area (Å²) in [6.45, 7) is 0. The highest BCUT2D eigenvalue weighted by Gasteiger charge is 2.46. The maximum Gasteiger partial charge on any atom is 0.249 e. The summed E-state index contributed by atoms with van der Waals surface area (Å²) in [6, 6.07) is 6.77. The number of halogens is 3. The van der Waals surface area contributed by atoms with Gasteiger partial charge in [0.2, 0.25) is 11.2 Å². The van der Waals surface area contributed by atoms with Crippen LogP contribution >= 0.6 is 11.6 Å². The van der Waals surface area contributed by atoms with Gasteiger partial charge in [-0.2, -0.15) is 0 Å². The molecule has 5 nitrogen and oxygen atoms in total. The van der Waals surface area contributed by atoms with E-state index in [0.717, 1.165) is 0 Å². The van der Waals surface area contributed by atoms with Crippen LogP contribution in [0.25, 0.3) is 0 Å². The van der Waals surface area contributed by atoms with Gasteiger partial charge in [-0.15, -0.1) is 0 Å². The molecule has 2 aromatic rings. The Morgan fingerprint density at radius 1 is 1.30 bits per heavy atom. The Kier molecular flexibility index (Phi) is 3.97. The van der Waals surface area contributed by atoms with Crippen molar-refractivity contribution in [3.8, 4) is 5.75 Å². The fourth-order valence-electron chi connectivity index (χ4n) is 2.50. The van der Waals surface area contributed by atoms with Gasteiger partial charge >= 0.3 is 0 Å². The van der Waals surface area contributed by atoms with Gasteiger partial charge in [0.25, 0.3) is 0 Å². The number of benzene rings is 1. The summed E-state index contributed by atoms with van der Waals surface area (Å²) in [6.07, 6.45) is -0.436. The number of hydrogen-bond acceptors (Lipinski definition) is 5. The zero-order valence-corrected chi connectivity index (χ0v) is 13.1. The van der Waals surface area contributed by atoms with Gasteiger partial charge in [-0.3, -0.25) is 0 Å². The molecule has 1 fully saturated rings. The highest BCUT2D eigenvalue weighted by Crippen LogP contribution is 2.48. The van der Waals surface area contributed by atoms with Gasteiger partial charge in [0.05, 0.1) is 24.2 Å². The molecule has 1 aliphatic rings. The molecule has 23 heavy (non-hydrogen) atoms. The Labute approximate surface area is 136 Å². The van der Waals surface area contributed by atoms with Crippen molar-refractivity contribution in [2.24, 2.45) is 0 Å². The number of nitrogens with zero attached hydrogens (tertiary/aromatic N) is 2. The summed E-state index contributed by atoms with van der Waals surface area (Å²) >= 11 is 5.90. The molecule has 122 valence electrons. The van der Waals surface area contributed by atoms with Gasteiger partial charge in [-0.25, -0.2) is 18.7 Å². The standard InChI is InChI=1S/C15H15ClF2N4O/c1-23-9-2-3-11(10(19)4-9)20-13-5-12(21-14(16)22-13)8-6-15(17,18)7-8/h2-5,8H,6-7,19H2,1H3,(H,20,21,22). The lowest BCUT2D eigenvalue weighted by atomic mass is 9.79. The summed E-state index contributed by atoms with van der Waals surface area (Å²) in [4.78, 5) is 8.10. The van der Waals surface area contributed by atoms with Crippen LogP contribution in [-0.4, -0.2) is 23.0 Å². The number of ether oxygens (including phenoxy) is 1.